The van der Waals surface area contributed by atoms with Crippen LogP contribution in [0.25, 0.3) is 22.5 Å². The number of rotatable bonds is 2. The molecule has 4 rings (SSSR count). The van der Waals surface area contributed by atoms with E-state index in [1.54, 1.807) is 29.7 Å². The Morgan fingerprint density at radius 3 is 2.71 bits per heavy atom. The van der Waals surface area contributed by atoms with Crippen molar-refractivity contribution >= 4 is 11.3 Å². The number of ether oxygens (including phenoxy) is 2. The number of thiazole rings is 1. The highest BCUT2D eigenvalue weighted by atomic mass is 32.1. The minimum absolute atomic E-state index is 0.0264. The summed E-state index contributed by atoms with van der Waals surface area (Å²) in [5, 5.41) is 13.6. The minimum atomic E-state index is 0.0264. The first-order valence-electron chi connectivity index (χ1n) is 7.51. The Morgan fingerprint density at radius 1 is 1.08 bits per heavy atom. The summed E-state index contributed by atoms with van der Waals surface area (Å²) in [6.07, 6.45) is 1.74. The van der Waals surface area contributed by atoms with E-state index in [4.69, 9.17) is 9.47 Å². The molecule has 0 saturated carbocycles. The van der Waals surface area contributed by atoms with E-state index >= 15 is 0 Å². The smallest absolute Gasteiger partial charge is 0.204 e. The van der Waals surface area contributed by atoms with Crippen molar-refractivity contribution in [1.29, 1.82) is 0 Å². The van der Waals surface area contributed by atoms with E-state index in [0.717, 1.165) is 16.3 Å². The standard InChI is InChI=1S/C17H15N3O3S/c1-9-18-7-12(13-8-24-10(2)20-13)15(19-9)11-3-4-14-17(16(11)21)23-6-5-22-14/h3-4,7-8,21H,5-6H2,1-2H3. The third-order valence-electron chi connectivity index (χ3n) is 3.74. The Bertz CT molecular complexity index is 923. The van der Waals surface area contributed by atoms with Crippen molar-refractivity contribution < 1.29 is 14.6 Å². The number of fused-ring (bicyclic) bond motifs is 1. The van der Waals surface area contributed by atoms with E-state index in [9.17, 15) is 5.11 Å². The van der Waals surface area contributed by atoms with Gasteiger partial charge in [-0.05, 0) is 26.0 Å². The van der Waals surface area contributed by atoms with E-state index in [1.165, 1.54) is 0 Å². The van der Waals surface area contributed by atoms with Crippen LogP contribution in [0.4, 0.5) is 0 Å². The van der Waals surface area contributed by atoms with Gasteiger partial charge in [-0.25, -0.2) is 15.0 Å². The van der Waals surface area contributed by atoms with Crippen LogP contribution in [0.1, 0.15) is 10.8 Å². The maximum atomic E-state index is 10.7. The number of aryl methyl sites for hydroxylation is 2. The van der Waals surface area contributed by atoms with Gasteiger partial charge >= 0.3 is 0 Å². The van der Waals surface area contributed by atoms with Crippen molar-refractivity contribution in [2.75, 3.05) is 13.2 Å². The topological polar surface area (TPSA) is 77.4 Å². The number of hydrogen-bond acceptors (Lipinski definition) is 7. The van der Waals surface area contributed by atoms with Gasteiger partial charge in [-0.15, -0.1) is 11.3 Å². The maximum absolute atomic E-state index is 10.7. The fourth-order valence-corrected chi connectivity index (χ4v) is 3.26. The predicted octanol–water partition coefficient (Wildman–Crippen LogP) is 3.36. The SMILES string of the molecule is Cc1ncc(-c2csc(C)n2)c(-c2ccc3c(c2O)OCCO3)n1. The second-order valence-corrected chi connectivity index (χ2v) is 6.48. The van der Waals surface area contributed by atoms with Gasteiger partial charge in [0.15, 0.2) is 11.5 Å². The molecular weight excluding hydrogens is 326 g/mol. The third-order valence-corrected chi connectivity index (χ3v) is 4.52. The number of benzene rings is 1. The normalized spacial score (nSPS) is 13.1. The van der Waals surface area contributed by atoms with Crippen LogP contribution in [-0.4, -0.2) is 33.3 Å². The number of phenolic OH excluding ortho intramolecular Hbond substituents is 1. The largest absolute Gasteiger partial charge is 0.504 e. The van der Waals surface area contributed by atoms with Gasteiger partial charge < -0.3 is 14.6 Å². The molecule has 3 aromatic rings. The quantitative estimate of drug-likeness (QED) is 0.770. The molecule has 1 aliphatic rings. The Hall–Kier alpha value is -2.67. The fourth-order valence-electron chi connectivity index (χ4n) is 2.64. The molecule has 1 aromatic carbocycles. The molecule has 122 valence electrons. The first kappa shape index (κ1) is 14.9. The van der Waals surface area contributed by atoms with Gasteiger partial charge in [-0.3, -0.25) is 0 Å². The van der Waals surface area contributed by atoms with Gasteiger partial charge in [0, 0.05) is 22.7 Å². The molecule has 1 N–H and O–H groups in total. The van der Waals surface area contributed by atoms with Crippen molar-refractivity contribution in [1.82, 2.24) is 15.0 Å². The first-order chi connectivity index (χ1) is 11.6. The molecule has 0 aliphatic carbocycles. The zero-order valence-corrected chi connectivity index (χ0v) is 14.1. The van der Waals surface area contributed by atoms with Crippen LogP contribution in [0.15, 0.2) is 23.7 Å². The lowest BCUT2D eigenvalue weighted by Crippen LogP contribution is -2.15. The van der Waals surface area contributed by atoms with Crippen LogP contribution in [0, 0.1) is 13.8 Å². The molecule has 0 atom stereocenters. The molecule has 0 unspecified atom stereocenters. The highest BCUT2D eigenvalue weighted by Gasteiger charge is 2.23. The van der Waals surface area contributed by atoms with Gasteiger partial charge in [-0.2, -0.15) is 0 Å². The number of aromatic nitrogens is 3. The average molecular weight is 341 g/mol. The molecule has 0 bridgehead atoms. The summed E-state index contributed by atoms with van der Waals surface area (Å²) in [6, 6.07) is 3.57. The van der Waals surface area contributed by atoms with E-state index in [2.05, 4.69) is 15.0 Å². The summed E-state index contributed by atoms with van der Waals surface area (Å²) >= 11 is 1.56. The molecule has 0 saturated heterocycles. The highest BCUT2D eigenvalue weighted by molar-refractivity contribution is 7.09. The maximum Gasteiger partial charge on any atom is 0.204 e. The van der Waals surface area contributed by atoms with E-state index in [0.29, 0.717) is 41.8 Å². The molecule has 7 heteroatoms. The van der Waals surface area contributed by atoms with Crippen molar-refractivity contribution in [3.8, 4) is 39.8 Å². The van der Waals surface area contributed by atoms with Gasteiger partial charge in [0.2, 0.25) is 5.75 Å². The summed E-state index contributed by atoms with van der Waals surface area (Å²) in [5.74, 6) is 1.54. The van der Waals surface area contributed by atoms with Crippen molar-refractivity contribution in [3.05, 3.63) is 34.5 Å². The molecule has 0 amide bonds. The Kier molecular flexibility index (Phi) is 3.57. The van der Waals surface area contributed by atoms with Crippen LogP contribution in [0.2, 0.25) is 0 Å². The lowest BCUT2D eigenvalue weighted by atomic mass is 10.0. The molecule has 3 heterocycles. The Labute approximate surface area is 142 Å². The lowest BCUT2D eigenvalue weighted by Gasteiger charge is -2.20. The molecule has 6 nitrogen and oxygen atoms in total. The van der Waals surface area contributed by atoms with Gasteiger partial charge in [0.1, 0.15) is 19.0 Å². The summed E-state index contributed by atoms with van der Waals surface area (Å²) in [5.41, 5.74) is 2.77. The second kappa shape index (κ2) is 5.76. The van der Waals surface area contributed by atoms with Crippen molar-refractivity contribution in [3.63, 3.8) is 0 Å². The number of phenols is 1. The van der Waals surface area contributed by atoms with E-state index in [-0.39, 0.29) is 5.75 Å². The van der Waals surface area contributed by atoms with E-state index < -0.39 is 0 Å². The van der Waals surface area contributed by atoms with Crippen LogP contribution >= 0.6 is 11.3 Å². The Balaban J connectivity index is 1.92. The second-order valence-electron chi connectivity index (χ2n) is 5.42. The summed E-state index contributed by atoms with van der Waals surface area (Å²) in [6.45, 7) is 4.64. The first-order valence-corrected chi connectivity index (χ1v) is 8.39. The number of nitrogens with zero attached hydrogens (tertiary/aromatic N) is 3. The van der Waals surface area contributed by atoms with Gasteiger partial charge in [0.25, 0.3) is 0 Å². The molecule has 0 fully saturated rings. The zero-order valence-electron chi connectivity index (χ0n) is 13.2. The highest BCUT2D eigenvalue weighted by Crippen LogP contribution is 2.46. The predicted molar refractivity (Wildman–Crippen MR) is 90.7 cm³/mol. The number of aromatic hydroxyl groups is 1. The third kappa shape index (κ3) is 2.46. The van der Waals surface area contributed by atoms with Crippen molar-refractivity contribution in [2.24, 2.45) is 0 Å². The van der Waals surface area contributed by atoms with E-state index in [1.807, 2.05) is 19.2 Å². The molecular formula is C17H15N3O3S. The van der Waals surface area contributed by atoms with Crippen LogP contribution in [-0.2, 0) is 0 Å². The summed E-state index contributed by atoms with van der Waals surface area (Å²) < 4.78 is 11.1. The molecule has 0 radical (unpaired) electrons. The number of hydrogen-bond donors (Lipinski definition) is 1. The van der Waals surface area contributed by atoms with Crippen LogP contribution in [0.5, 0.6) is 17.2 Å². The van der Waals surface area contributed by atoms with Crippen molar-refractivity contribution in [2.45, 2.75) is 13.8 Å². The van der Waals surface area contributed by atoms with Gasteiger partial charge in [0.05, 0.1) is 16.4 Å². The van der Waals surface area contributed by atoms with Crippen LogP contribution in [0.3, 0.4) is 0 Å². The zero-order chi connectivity index (χ0) is 16.7. The monoisotopic (exact) mass is 341 g/mol. The average Bonchev–Trinajstić information content (AvgIpc) is 3.02. The Morgan fingerprint density at radius 2 is 1.92 bits per heavy atom. The summed E-state index contributed by atoms with van der Waals surface area (Å²) in [7, 11) is 0. The molecule has 24 heavy (non-hydrogen) atoms. The molecule has 0 spiro atoms. The minimum Gasteiger partial charge on any atom is -0.504 e. The van der Waals surface area contributed by atoms with Crippen LogP contribution < -0.4 is 9.47 Å². The molecule has 2 aromatic heterocycles. The lowest BCUT2D eigenvalue weighted by molar-refractivity contribution is 0.166. The molecule has 1 aliphatic heterocycles. The van der Waals surface area contributed by atoms with Gasteiger partial charge in [-0.1, -0.05) is 0 Å². The summed E-state index contributed by atoms with van der Waals surface area (Å²) in [4.78, 5) is 13.3. The fraction of sp³-hybridized carbons (Fsp3) is 0.235.